The molecule has 0 fully saturated rings. The molecule has 1 aromatic carbocycles. The summed E-state index contributed by atoms with van der Waals surface area (Å²) >= 11 is 0. The Bertz CT molecular complexity index is 410. The third-order valence-corrected chi connectivity index (χ3v) is 1.73. The van der Waals surface area contributed by atoms with Crippen molar-refractivity contribution in [2.75, 3.05) is 0 Å². The quantitative estimate of drug-likeness (QED) is 0.503. The molecule has 0 aromatic heterocycles. The maximum Gasteiger partial charge on any atom is 0.101 e. The molecule has 0 atom stereocenters. The Labute approximate surface area is 81.9 Å². The number of carboxylic acid groups (broad SMARTS) is 1. The van der Waals surface area contributed by atoms with Crippen LogP contribution in [0.5, 0.6) is 0 Å². The maximum atomic E-state index is 10.4. The fourth-order valence-electron chi connectivity index (χ4n) is 0.966. The molecule has 0 saturated carbocycles. The van der Waals surface area contributed by atoms with Crippen LogP contribution in [0.1, 0.15) is 11.1 Å². The Morgan fingerprint density at radius 2 is 2.00 bits per heavy atom. The molecular formula is C11H8NO2-. The van der Waals surface area contributed by atoms with Gasteiger partial charge in [0.25, 0.3) is 0 Å². The van der Waals surface area contributed by atoms with Crippen molar-refractivity contribution >= 4 is 12.0 Å². The van der Waals surface area contributed by atoms with Crippen LogP contribution in [0.2, 0.25) is 0 Å². The van der Waals surface area contributed by atoms with Crippen LogP contribution < -0.4 is 5.11 Å². The van der Waals surface area contributed by atoms with E-state index in [2.05, 4.69) is 0 Å². The summed E-state index contributed by atoms with van der Waals surface area (Å²) < 4.78 is 0. The van der Waals surface area contributed by atoms with E-state index in [0.717, 1.165) is 5.56 Å². The minimum absolute atomic E-state index is 0.367. The summed E-state index contributed by atoms with van der Waals surface area (Å²) in [6.07, 6.45) is 1.29. The molecule has 3 nitrogen and oxygen atoms in total. The van der Waals surface area contributed by atoms with Crippen LogP contribution in [0, 0.1) is 18.3 Å². The highest BCUT2D eigenvalue weighted by Crippen LogP contribution is 2.07. The van der Waals surface area contributed by atoms with Gasteiger partial charge in [-0.1, -0.05) is 29.8 Å². The number of carboxylic acids is 1. The van der Waals surface area contributed by atoms with Crippen molar-refractivity contribution in [2.24, 2.45) is 0 Å². The van der Waals surface area contributed by atoms with Crippen LogP contribution in [0.25, 0.3) is 6.08 Å². The van der Waals surface area contributed by atoms with E-state index in [4.69, 9.17) is 5.26 Å². The number of carbonyl (C=O) groups is 1. The molecule has 1 aromatic rings. The van der Waals surface area contributed by atoms with E-state index >= 15 is 0 Å². The van der Waals surface area contributed by atoms with Gasteiger partial charge in [-0.2, -0.15) is 5.26 Å². The number of hydrogen-bond acceptors (Lipinski definition) is 3. The van der Waals surface area contributed by atoms with Crippen LogP contribution in [-0.2, 0) is 4.79 Å². The lowest BCUT2D eigenvalue weighted by molar-refractivity contribution is -0.298. The molecule has 70 valence electrons. The van der Waals surface area contributed by atoms with Crippen LogP contribution in [-0.4, -0.2) is 5.97 Å². The molecule has 0 unspecified atom stereocenters. The van der Waals surface area contributed by atoms with Gasteiger partial charge in [0, 0.05) is 0 Å². The van der Waals surface area contributed by atoms with Crippen molar-refractivity contribution in [1.29, 1.82) is 5.26 Å². The first-order valence-electron chi connectivity index (χ1n) is 4.03. The van der Waals surface area contributed by atoms with Gasteiger partial charge in [-0.3, -0.25) is 0 Å². The first kappa shape index (κ1) is 10.0. The third kappa shape index (κ3) is 2.46. The minimum Gasteiger partial charge on any atom is -0.544 e. The predicted molar refractivity (Wildman–Crippen MR) is 49.8 cm³/mol. The van der Waals surface area contributed by atoms with Gasteiger partial charge in [0.05, 0.1) is 11.5 Å². The summed E-state index contributed by atoms with van der Waals surface area (Å²) in [5.74, 6) is -1.45. The number of rotatable bonds is 2. The van der Waals surface area contributed by atoms with E-state index < -0.39 is 5.97 Å². The number of aryl methyl sites for hydroxylation is 1. The fraction of sp³-hybridized carbons (Fsp3) is 0.0909. The van der Waals surface area contributed by atoms with Gasteiger partial charge in [-0.15, -0.1) is 0 Å². The number of nitriles is 1. The molecule has 14 heavy (non-hydrogen) atoms. The lowest BCUT2D eigenvalue weighted by atomic mass is 10.1. The van der Waals surface area contributed by atoms with Crippen LogP contribution in [0.3, 0.4) is 0 Å². The van der Waals surface area contributed by atoms with Gasteiger partial charge in [0.15, 0.2) is 0 Å². The van der Waals surface area contributed by atoms with Crippen LogP contribution in [0.15, 0.2) is 29.8 Å². The van der Waals surface area contributed by atoms with Gasteiger partial charge in [-0.25, -0.2) is 0 Å². The van der Waals surface area contributed by atoms with Gasteiger partial charge < -0.3 is 9.90 Å². The van der Waals surface area contributed by atoms with Crippen molar-refractivity contribution in [3.8, 4) is 6.07 Å². The van der Waals surface area contributed by atoms with E-state index in [1.807, 2.05) is 19.1 Å². The van der Waals surface area contributed by atoms with Crippen molar-refractivity contribution < 1.29 is 9.90 Å². The van der Waals surface area contributed by atoms with Gasteiger partial charge >= 0.3 is 0 Å². The Kier molecular flexibility index (Phi) is 3.03. The molecule has 0 amide bonds. The first-order chi connectivity index (χ1) is 6.63. The average Bonchev–Trinajstić information content (AvgIpc) is 2.16. The van der Waals surface area contributed by atoms with Crippen molar-refractivity contribution in [1.82, 2.24) is 0 Å². The summed E-state index contributed by atoms with van der Waals surface area (Å²) in [6, 6.07) is 8.74. The Balaban J connectivity index is 3.03. The lowest BCUT2D eigenvalue weighted by Crippen LogP contribution is -2.23. The van der Waals surface area contributed by atoms with Crippen molar-refractivity contribution in [2.45, 2.75) is 6.92 Å². The zero-order chi connectivity index (χ0) is 10.6. The molecule has 0 bridgehead atoms. The SMILES string of the molecule is Cc1ccc(C=C(C#N)C(=O)[O-])cc1. The normalized spacial score (nSPS) is 10.7. The second-order valence-corrected chi connectivity index (χ2v) is 2.87. The monoisotopic (exact) mass is 186 g/mol. The summed E-state index contributed by atoms with van der Waals surface area (Å²) in [5, 5.41) is 18.9. The van der Waals surface area contributed by atoms with Gasteiger partial charge in [-0.05, 0) is 18.6 Å². The molecule has 1 rings (SSSR count). The highest BCUT2D eigenvalue weighted by Gasteiger charge is 1.96. The topological polar surface area (TPSA) is 63.9 Å². The zero-order valence-electron chi connectivity index (χ0n) is 7.65. The highest BCUT2D eigenvalue weighted by atomic mass is 16.4. The van der Waals surface area contributed by atoms with E-state index in [0.29, 0.717) is 5.56 Å². The summed E-state index contributed by atoms with van der Waals surface area (Å²) in [7, 11) is 0. The van der Waals surface area contributed by atoms with Gasteiger partial charge in [0.1, 0.15) is 6.07 Å². The molecule has 0 saturated heterocycles. The summed E-state index contributed by atoms with van der Waals surface area (Å²) in [6.45, 7) is 1.93. The Morgan fingerprint density at radius 3 is 2.43 bits per heavy atom. The smallest absolute Gasteiger partial charge is 0.101 e. The van der Waals surface area contributed by atoms with Crippen molar-refractivity contribution in [3.63, 3.8) is 0 Å². The molecule has 0 radical (unpaired) electrons. The molecule has 0 aliphatic heterocycles. The lowest BCUT2D eigenvalue weighted by Gasteiger charge is -1.99. The van der Waals surface area contributed by atoms with E-state index in [1.54, 1.807) is 18.2 Å². The molecule has 0 N–H and O–H groups in total. The van der Waals surface area contributed by atoms with Crippen molar-refractivity contribution in [3.05, 3.63) is 41.0 Å². The summed E-state index contributed by atoms with van der Waals surface area (Å²) in [4.78, 5) is 10.4. The second-order valence-electron chi connectivity index (χ2n) is 2.87. The largest absolute Gasteiger partial charge is 0.544 e. The molecule has 0 aliphatic carbocycles. The summed E-state index contributed by atoms with van der Waals surface area (Å²) in [5.41, 5.74) is 1.39. The molecule has 3 heteroatoms. The van der Waals surface area contributed by atoms with Crippen LogP contribution in [0.4, 0.5) is 0 Å². The van der Waals surface area contributed by atoms with E-state index in [1.165, 1.54) is 6.08 Å². The molecule has 0 spiro atoms. The maximum absolute atomic E-state index is 10.4. The molecule has 0 aliphatic rings. The number of carbonyl (C=O) groups excluding carboxylic acids is 1. The standard InChI is InChI=1S/C11H9NO2/c1-8-2-4-9(5-3-8)6-10(7-12)11(13)14/h2-6H,1H3,(H,13,14)/p-1. The van der Waals surface area contributed by atoms with E-state index in [9.17, 15) is 9.90 Å². The number of hydrogen-bond donors (Lipinski definition) is 0. The number of nitrogens with zero attached hydrogens (tertiary/aromatic N) is 1. The van der Waals surface area contributed by atoms with E-state index in [-0.39, 0.29) is 5.57 Å². The fourth-order valence-corrected chi connectivity index (χ4v) is 0.966. The zero-order valence-corrected chi connectivity index (χ0v) is 7.65. The number of benzene rings is 1. The molecular weight excluding hydrogens is 178 g/mol. The average molecular weight is 186 g/mol. The Morgan fingerprint density at radius 1 is 1.43 bits per heavy atom. The first-order valence-corrected chi connectivity index (χ1v) is 4.03. The van der Waals surface area contributed by atoms with Crippen LogP contribution >= 0.6 is 0 Å². The van der Waals surface area contributed by atoms with Gasteiger partial charge in [0.2, 0.25) is 0 Å². The number of aliphatic carboxylic acids is 1. The minimum atomic E-state index is -1.45. The second kappa shape index (κ2) is 4.24. The molecule has 0 heterocycles. The Hall–Kier alpha value is -2.08. The third-order valence-electron chi connectivity index (χ3n) is 1.73. The highest BCUT2D eigenvalue weighted by molar-refractivity contribution is 5.94. The predicted octanol–water partition coefficient (Wildman–Crippen LogP) is 0.652.